The molecule has 0 N–H and O–H groups in total. The predicted molar refractivity (Wildman–Crippen MR) is 44.2 cm³/mol. The van der Waals surface area contributed by atoms with Gasteiger partial charge in [-0.05, 0) is 30.6 Å². The van der Waals surface area contributed by atoms with Gasteiger partial charge in [0.15, 0.2) is 0 Å². The van der Waals surface area contributed by atoms with Crippen LogP contribution >= 0.6 is 0 Å². The Bertz CT molecular complexity index is 197. The fourth-order valence-corrected chi connectivity index (χ4v) is 2.94. The molecule has 0 heterocycles. The molecule has 0 bridgehead atoms. The van der Waals surface area contributed by atoms with Gasteiger partial charge < -0.3 is 0 Å². The fourth-order valence-electron chi connectivity index (χ4n) is 2.94. The molecule has 0 radical (unpaired) electrons. The molecule has 1 nitrogen and oxygen atoms in total. The lowest BCUT2D eigenvalue weighted by Gasteiger charge is -2.27. The number of hydrogen-bond acceptors (Lipinski definition) is 1. The van der Waals surface area contributed by atoms with Crippen molar-refractivity contribution < 1.29 is 4.79 Å². The highest BCUT2D eigenvalue weighted by atomic mass is 16.1. The zero-order valence-corrected chi connectivity index (χ0v) is 7.39. The Labute approximate surface area is 68.2 Å². The molecule has 62 valence electrons. The van der Waals surface area contributed by atoms with Gasteiger partial charge in [0.25, 0.3) is 0 Å². The molecule has 0 aliphatic heterocycles. The van der Waals surface area contributed by atoms with Gasteiger partial charge in [-0.3, -0.25) is 4.79 Å². The van der Waals surface area contributed by atoms with E-state index < -0.39 is 0 Å². The molecule has 2 saturated carbocycles. The second-order valence-corrected chi connectivity index (χ2v) is 4.50. The summed E-state index contributed by atoms with van der Waals surface area (Å²) in [7, 11) is 0. The van der Waals surface area contributed by atoms with Crippen LogP contribution in [0.15, 0.2) is 0 Å². The number of rotatable bonds is 0. The van der Waals surface area contributed by atoms with Crippen molar-refractivity contribution in [3.05, 3.63) is 0 Å². The van der Waals surface area contributed by atoms with Crippen molar-refractivity contribution in [1.29, 1.82) is 0 Å². The normalized spacial score (nSPS) is 49.8. The van der Waals surface area contributed by atoms with E-state index in [4.69, 9.17) is 0 Å². The van der Waals surface area contributed by atoms with Crippen LogP contribution in [-0.4, -0.2) is 5.78 Å². The number of carbonyl (C=O) groups is 1. The minimum atomic E-state index is 0.386. The van der Waals surface area contributed by atoms with Crippen molar-refractivity contribution in [2.24, 2.45) is 17.3 Å². The first-order valence-corrected chi connectivity index (χ1v) is 4.67. The Morgan fingerprint density at radius 3 is 2.82 bits per heavy atom. The van der Waals surface area contributed by atoms with Crippen molar-refractivity contribution >= 4 is 5.78 Å². The van der Waals surface area contributed by atoms with Crippen LogP contribution in [0.25, 0.3) is 0 Å². The number of carbonyl (C=O) groups excluding carboxylic acids is 1. The smallest absolute Gasteiger partial charge is 0.136 e. The second kappa shape index (κ2) is 2.09. The van der Waals surface area contributed by atoms with Crippen LogP contribution in [0.4, 0.5) is 0 Å². The van der Waals surface area contributed by atoms with Gasteiger partial charge in [0.2, 0.25) is 0 Å². The molecule has 11 heavy (non-hydrogen) atoms. The molecular weight excluding hydrogens is 136 g/mol. The van der Waals surface area contributed by atoms with Crippen LogP contribution in [0, 0.1) is 17.3 Å². The van der Waals surface area contributed by atoms with Gasteiger partial charge in [-0.1, -0.05) is 13.8 Å². The van der Waals surface area contributed by atoms with E-state index in [1.165, 1.54) is 6.42 Å². The maximum Gasteiger partial charge on any atom is 0.136 e. The summed E-state index contributed by atoms with van der Waals surface area (Å²) < 4.78 is 0. The van der Waals surface area contributed by atoms with Crippen LogP contribution < -0.4 is 0 Å². The van der Waals surface area contributed by atoms with Gasteiger partial charge in [-0.2, -0.15) is 0 Å². The lowest BCUT2D eigenvalue weighted by Crippen LogP contribution is -2.24. The largest absolute Gasteiger partial charge is 0.299 e. The quantitative estimate of drug-likeness (QED) is 0.521. The van der Waals surface area contributed by atoms with Crippen molar-refractivity contribution in [3.8, 4) is 0 Å². The maximum atomic E-state index is 11.4. The summed E-state index contributed by atoms with van der Waals surface area (Å²) in [6.07, 6.45) is 4.44. The number of fused-ring (bicyclic) bond motifs is 1. The number of hydrogen-bond donors (Lipinski definition) is 0. The lowest BCUT2D eigenvalue weighted by molar-refractivity contribution is -0.121. The lowest BCUT2D eigenvalue weighted by atomic mass is 9.76. The van der Waals surface area contributed by atoms with Crippen molar-refractivity contribution in [2.45, 2.75) is 39.5 Å². The zero-order chi connectivity index (χ0) is 8.06. The van der Waals surface area contributed by atoms with Gasteiger partial charge in [0.1, 0.15) is 5.78 Å². The summed E-state index contributed by atoms with van der Waals surface area (Å²) in [5, 5.41) is 0. The first kappa shape index (κ1) is 7.33. The molecule has 3 atom stereocenters. The van der Waals surface area contributed by atoms with Crippen molar-refractivity contribution in [2.75, 3.05) is 0 Å². The Hall–Kier alpha value is -0.330. The van der Waals surface area contributed by atoms with Gasteiger partial charge in [-0.25, -0.2) is 0 Å². The van der Waals surface area contributed by atoms with Gasteiger partial charge in [-0.15, -0.1) is 0 Å². The van der Waals surface area contributed by atoms with E-state index in [0.29, 0.717) is 17.1 Å². The third kappa shape index (κ3) is 0.800. The first-order valence-electron chi connectivity index (χ1n) is 4.67. The van der Waals surface area contributed by atoms with Crippen LogP contribution in [-0.2, 0) is 4.79 Å². The highest BCUT2D eigenvalue weighted by Gasteiger charge is 2.51. The van der Waals surface area contributed by atoms with E-state index in [-0.39, 0.29) is 0 Å². The zero-order valence-electron chi connectivity index (χ0n) is 7.39. The summed E-state index contributed by atoms with van der Waals surface area (Å²) >= 11 is 0. The second-order valence-electron chi connectivity index (χ2n) is 4.50. The monoisotopic (exact) mass is 152 g/mol. The van der Waals surface area contributed by atoms with Crippen LogP contribution in [0.1, 0.15) is 39.5 Å². The predicted octanol–water partition coefficient (Wildman–Crippen LogP) is 2.40. The van der Waals surface area contributed by atoms with Crippen molar-refractivity contribution in [3.63, 3.8) is 0 Å². The molecule has 2 rings (SSSR count). The molecule has 0 amide bonds. The van der Waals surface area contributed by atoms with E-state index in [1.54, 1.807) is 0 Å². The van der Waals surface area contributed by atoms with E-state index in [2.05, 4.69) is 13.8 Å². The van der Waals surface area contributed by atoms with Gasteiger partial charge in [0.05, 0.1) is 0 Å². The molecule has 0 aromatic rings. The Morgan fingerprint density at radius 1 is 1.45 bits per heavy atom. The topological polar surface area (TPSA) is 17.1 Å². The van der Waals surface area contributed by atoms with Crippen LogP contribution in [0.3, 0.4) is 0 Å². The molecule has 0 saturated heterocycles. The Balaban J connectivity index is 2.30. The minimum absolute atomic E-state index is 0.386. The fraction of sp³-hybridized carbons (Fsp3) is 0.900. The minimum Gasteiger partial charge on any atom is -0.299 e. The third-order valence-corrected chi connectivity index (χ3v) is 4.11. The average Bonchev–Trinajstić information content (AvgIpc) is 2.39. The number of Topliss-reactive ketones (excluding diaryl/α,β-unsaturated/α-hetero) is 1. The summed E-state index contributed by atoms with van der Waals surface area (Å²) in [6, 6.07) is 0. The summed E-state index contributed by atoms with van der Waals surface area (Å²) in [5.41, 5.74) is 0.386. The molecule has 3 unspecified atom stereocenters. The average molecular weight is 152 g/mol. The number of ketones is 1. The molecule has 1 heteroatoms. The summed E-state index contributed by atoms with van der Waals surface area (Å²) in [4.78, 5) is 11.4. The third-order valence-electron chi connectivity index (χ3n) is 4.11. The summed E-state index contributed by atoms with van der Waals surface area (Å²) in [6.45, 7) is 4.61. The standard InChI is InChI=1S/C10H16O/c1-7-3-4-8-9(11)5-6-10(7,8)2/h7-8H,3-6H2,1-2H3. The van der Waals surface area contributed by atoms with E-state index >= 15 is 0 Å². The molecular formula is C10H16O. The van der Waals surface area contributed by atoms with E-state index in [9.17, 15) is 4.79 Å². The molecule has 0 aromatic heterocycles. The highest BCUT2D eigenvalue weighted by Crippen LogP contribution is 2.55. The molecule has 2 aliphatic carbocycles. The van der Waals surface area contributed by atoms with Gasteiger partial charge in [0, 0.05) is 12.3 Å². The van der Waals surface area contributed by atoms with E-state index in [1.807, 2.05) is 0 Å². The first-order chi connectivity index (χ1) is 5.14. The highest BCUT2D eigenvalue weighted by molar-refractivity contribution is 5.84. The SMILES string of the molecule is CC1CCC2C(=O)CCC12C. The maximum absolute atomic E-state index is 11.4. The van der Waals surface area contributed by atoms with E-state index in [0.717, 1.165) is 25.2 Å². The van der Waals surface area contributed by atoms with Crippen LogP contribution in [0.5, 0.6) is 0 Å². The van der Waals surface area contributed by atoms with Crippen LogP contribution in [0.2, 0.25) is 0 Å². The Morgan fingerprint density at radius 2 is 2.18 bits per heavy atom. The van der Waals surface area contributed by atoms with Crippen molar-refractivity contribution in [1.82, 2.24) is 0 Å². The Kier molecular flexibility index (Phi) is 1.39. The molecule has 2 fully saturated rings. The summed E-state index contributed by atoms with van der Waals surface area (Å²) in [5.74, 6) is 1.74. The molecule has 0 spiro atoms. The van der Waals surface area contributed by atoms with Gasteiger partial charge >= 0.3 is 0 Å². The molecule has 2 aliphatic rings. The molecule has 0 aromatic carbocycles.